The molecule has 2 nitrogen and oxygen atoms in total. The maximum atomic E-state index is 14.0. The minimum Gasteiger partial charge on any atom is -0.301 e. The Kier molecular flexibility index (Phi) is 8.13. The quantitative estimate of drug-likeness (QED) is 0.364. The maximum absolute atomic E-state index is 14.0. The van der Waals surface area contributed by atoms with E-state index in [1.54, 1.807) is 0 Å². The number of piperazine rings is 1. The summed E-state index contributed by atoms with van der Waals surface area (Å²) in [5.74, 6) is -0.462. The van der Waals surface area contributed by atoms with E-state index in [0.29, 0.717) is 11.5 Å². The summed E-state index contributed by atoms with van der Waals surface area (Å²) in [6, 6.07) is 19.8. The number of aryl methyl sites for hydroxylation is 1. The van der Waals surface area contributed by atoms with Gasteiger partial charge < -0.3 is 4.90 Å². The van der Waals surface area contributed by atoms with Gasteiger partial charge >= 0.3 is 0 Å². The summed E-state index contributed by atoms with van der Waals surface area (Å²) in [5.41, 5.74) is 3.78. The highest BCUT2D eigenvalue weighted by molar-refractivity contribution is 6.30. The Morgan fingerprint density at radius 2 is 1.45 bits per heavy atom. The lowest BCUT2D eigenvalue weighted by Gasteiger charge is -2.36. The monoisotopic (exact) mass is 468 g/mol. The van der Waals surface area contributed by atoms with E-state index in [1.807, 2.05) is 24.3 Å². The van der Waals surface area contributed by atoms with Crippen molar-refractivity contribution in [2.45, 2.75) is 26.3 Å². The highest BCUT2D eigenvalue weighted by Gasteiger charge is 2.18. The second kappa shape index (κ2) is 11.2. The minimum absolute atomic E-state index is 0.437. The van der Waals surface area contributed by atoms with E-state index >= 15 is 0 Å². The van der Waals surface area contributed by atoms with Crippen LogP contribution < -0.4 is 0 Å². The lowest BCUT2D eigenvalue weighted by molar-refractivity contribution is 0.114. The molecule has 0 N–H and O–H groups in total. The molecule has 33 heavy (non-hydrogen) atoms. The zero-order chi connectivity index (χ0) is 23.2. The van der Waals surface area contributed by atoms with Crippen LogP contribution in [0, 0.1) is 17.6 Å². The second-order valence-electron chi connectivity index (χ2n) is 9.17. The van der Waals surface area contributed by atoms with Gasteiger partial charge in [0, 0.05) is 55.9 Å². The van der Waals surface area contributed by atoms with Crippen molar-refractivity contribution in [2.24, 2.45) is 5.92 Å². The molecule has 1 saturated heterocycles. The van der Waals surface area contributed by atoms with Crippen molar-refractivity contribution in [2.75, 3.05) is 32.7 Å². The summed E-state index contributed by atoms with van der Waals surface area (Å²) in [6.07, 6.45) is 2.12. The summed E-state index contributed by atoms with van der Waals surface area (Å²) in [6.45, 7) is 8.83. The van der Waals surface area contributed by atoms with E-state index in [-0.39, 0.29) is 0 Å². The van der Waals surface area contributed by atoms with E-state index in [4.69, 9.17) is 11.6 Å². The van der Waals surface area contributed by atoms with Gasteiger partial charge in [-0.3, -0.25) is 4.90 Å². The molecule has 0 saturated carbocycles. The van der Waals surface area contributed by atoms with E-state index < -0.39 is 11.6 Å². The van der Waals surface area contributed by atoms with Gasteiger partial charge in [-0.1, -0.05) is 54.9 Å². The highest BCUT2D eigenvalue weighted by atomic mass is 35.5. The van der Waals surface area contributed by atoms with Crippen molar-refractivity contribution < 1.29 is 8.78 Å². The van der Waals surface area contributed by atoms with Crippen LogP contribution in [0.1, 0.15) is 24.5 Å². The van der Waals surface area contributed by atoms with Gasteiger partial charge in [-0.05, 0) is 59.7 Å². The fraction of sp³-hybridized carbons (Fsp3) is 0.357. The first-order chi connectivity index (χ1) is 16.0. The number of rotatable bonds is 8. The number of nitrogens with zero attached hydrogens (tertiary/aromatic N) is 2. The molecule has 174 valence electrons. The zero-order valence-corrected chi connectivity index (χ0v) is 19.9. The summed E-state index contributed by atoms with van der Waals surface area (Å²) in [5, 5.41) is 0.787. The van der Waals surface area contributed by atoms with Crippen molar-refractivity contribution >= 4 is 11.6 Å². The molecule has 0 aromatic heterocycles. The molecule has 4 rings (SSSR count). The topological polar surface area (TPSA) is 6.48 Å². The van der Waals surface area contributed by atoms with E-state index in [2.05, 4.69) is 41.0 Å². The maximum Gasteiger partial charge on any atom is 0.133 e. The van der Waals surface area contributed by atoms with E-state index in [9.17, 15) is 8.78 Å². The van der Waals surface area contributed by atoms with Crippen LogP contribution in [0.3, 0.4) is 0 Å². The molecule has 0 spiro atoms. The van der Waals surface area contributed by atoms with Crippen LogP contribution in [-0.2, 0) is 13.0 Å². The number of halogens is 3. The van der Waals surface area contributed by atoms with Crippen molar-refractivity contribution in [3.63, 3.8) is 0 Å². The Balaban J connectivity index is 1.20. The molecule has 0 aliphatic carbocycles. The predicted molar refractivity (Wildman–Crippen MR) is 132 cm³/mol. The molecule has 0 unspecified atom stereocenters. The molecular weight excluding hydrogens is 438 g/mol. The molecule has 0 amide bonds. The molecule has 1 heterocycles. The van der Waals surface area contributed by atoms with Crippen LogP contribution in [-0.4, -0.2) is 42.5 Å². The fourth-order valence-corrected chi connectivity index (χ4v) is 4.62. The van der Waals surface area contributed by atoms with Gasteiger partial charge in [0.25, 0.3) is 0 Å². The van der Waals surface area contributed by atoms with Gasteiger partial charge in [-0.25, -0.2) is 8.78 Å². The largest absolute Gasteiger partial charge is 0.301 e. The van der Waals surface area contributed by atoms with Gasteiger partial charge in [-0.2, -0.15) is 0 Å². The highest BCUT2D eigenvalue weighted by Crippen LogP contribution is 2.24. The van der Waals surface area contributed by atoms with Crippen molar-refractivity contribution in [1.29, 1.82) is 0 Å². The predicted octanol–water partition coefficient (Wildman–Crippen LogP) is 6.67. The van der Waals surface area contributed by atoms with Crippen LogP contribution in [0.4, 0.5) is 8.78 Å². The Labute approximate surface area is 200 Å². The van der Waals surface area contributed by atoms with Crippen LogP contribution in [0.25, 0.3) is 11.1 Å². The standard InChI is InChI=1S/C28H31ClF2N2/c1-21(19-32-14-16-33(17-15-32)20-23-6-10-25(29)11-7-23)2-3-22-4-8-24(9-5-22)27-13-12-26(30)18-28(27)31/h4-13,18,21H,2-3,14-17,19-20H2,1H3/t21-/m0/s1. The van der Waals surface area contributed by atoms with Crippen molar-refractivity contribution in [3.05, 3.63) is 94.5 Å². The summed E-state index contributed by atoms with van der Waals surface area (Å²) >= 11 is 5.98. The Morgan fingerprint density at radius 1 is 0.818 bits per heavy atom. The molecule has 1 aliphatic rings. The van der Waals surface area contributed by atoms with Gasteiger partial charge in [0.2, 0.25) is 0 Å². The van der Waals surface area contributed by atoms with Crippen LogP contribution in [0.5, 0.6) is 0 Å². The van der Waals surface area contributed by atoms with Gasteiger partial charge in [0.15, 0.2) is 0 Å². The first-order valence-electron chi connectivity index (χ1n) is 11.7. The Hall–Kier alpha value is -2.27. The molecule has 3 aromatic rings. The lowest BCUT2D eigenvalue weighted by Crippen LogP contribution is -2.47. The first kappa shape index (κ1) is 23.9. The van der Waals surface area contributed by atoms with Crippen LogP contribution in [0.15, 0.2) is 66.7 Å². The third kappa shape index (κ3) is 6.86. The lowest BCUT2D eigenvalue weighted by atomic mass is 9.98. The normalized spacial score (nSPS) is 16.1. The summed E-state index contributed by atoms with van der Waals surface area (Å²) < 4.78 is 27.2. The van der Waals surface area contributed by atoms with E-state index in [0.717, 1.165) is 68.8 Å². The zero-order valence-electron chi connectivity index (χ0n) is 19.1. The SMILES string of the molecule is C[C@@H](CCc1ccc(-c2ccc(F)cc2F)cc1)CN1CCN(Cc2ccc(Cl)cc2)CC1. The number of hydrogen-bond acceptors (Lipinski definition) is 2. The molecule has 3 aromatic carbocycles. The summed E-state index contributed by atoms with van der Waals surface area (Å²) in [4.78, 5) is 5.08. The van der Waals surface area contributed by atoms with Crippen LogP contribution in [0.2, 0.25) is 5.02 Å². The van der Waals surface area contributed by atoms with Crippen molar-refractivity contribution in [3.8, 4) is 11.1 Å². The molecule has 1 fully saturated rings. The molecular formula is C28H31ClF2N2. The van der Waals surface area contributed by atoms with Gasteiger partial charge in [0.05, 0.1) is 0 Å². The number of hydrogen-bond donors (Lipinski definition) is 0. The minimum atomic E-state index is -0.551. The van der Waals surface area contributed by atoms with E-state index in [1.165, 1.54) is 23.3 Å². The summed E-state index contributed by atoms with van der Waals surface area (Å²) in [7, 11) is 0. The third-order valence-electron chi connectivity index (χ3n) is 6.48. The average molecular weight is 469 g/mol. The smallest absolute Gasteiger partial charge is 0.133 e. The molecule has 1 atom stereocenters. The molecule has 0 radical (unpaired) electrons. The Morgan fingerprint density at radius 3 is 2.12 bits per heavy atom. The van der Waals surface area contributed by atoms with Crippen molar-refractivity contribution in [1.82, 2.24) is 9.80 Å². The average Bonchev–Trinajstić information content (AvgIpc) is 2.81. The Bertz CT molecular complexity index is 1030. The first-order valence-corrected chi connectivity index (χ1v) is 12.1. The third-order valence-corrected chi connectivity index (χ3v) is 6.73. The molecule has 1 aliphatic heterocycles. The number of benzene rings is 3. The van der Waals surface area contributed by atoms with Gasteiger partial charge in [0.1, 0.15) is 11.6 Å². The van der Waals surface area contributed by atoms with Crippen LogP contribution >= 0.6 is 11.6 Å². The molecule has 5 heteroatoms. The molecule has 0 bridgehead atoms. The second-order valence-corrected chi connectivity index (χ2v) is 9.60. The van der Waals surface area contributed by atoms with Gasteiger partial charge in [-0.15, -0.1) is 0 Å². The fourth-order valence-electron chi connectivity index (χ4n) is 4.50.